The summed E-state index contributed by atoms with van der Waals surface area (Å²) in [6.07, 6.45) is 0. The van der Waals surface area contributed by atoms with E-state index in [1.807, 2.05) is 0 Å². The van der Waals surface area contributed by atoms with Crippen LogP contribution in [-0.4, -0.2) is 50.9 Å². The van der Waals surface area contributed by atoms with Crippen molar-refractivity contribution in [3.8, 4) is 0 Å². The van der Waals surface area contributed by atoms with Crippen LogP contribution >= 0.6 is 7.02 Å². The first-order valence-corrected chi connectivity index (χ1v) is 18.3. The first kappa shape index (κ1) is 19.0. The molecule has 18 heavy (non-hydrogen) atoms. The van der Waals surface area contributed by atoms with Crippen molar-refractivity contribution in [2.45, 2.75) is 51.5 Å². The molecule has 3 nitrogen and oxygen atoms in total. The third-order valence-electron chi connectivity index (χ3n) is 3.20. The summed E-state index contributed by atoms with van der Waals surface area (Å²) in [7, 11) is 0.206. The summed E-state index contributed by atoms with van der Waals surface area (Å²) in [5, 5.41) is 0.436. The predicted octanol–water partition coefficient (Wildman–Crippen LogP) is 3.94. The van der Waals surface area contributed by atoms with Gasteiger partial charge in [-0.3, -0.25) is 0 Å². The lowest BCUT2D eigenvalue weighted by Crippen LogP contribution is -2.56. The summed E-state index contributed by atoms with van der Waals surface area (Å²) in [5.74, 6) is 0. The molecule has 110 valence electrons. The van der Waals surface area contributed by atoms with E-state index in [0.29, 0.717) is 5.28 Å². The van der Waals surface area contributed by atoms with E-state index in [2.05, 4.69) is 46.2 Å². The summed E-state index contributed by atoms with van der Waals surface area (Å²) in [5.41, 5.74) is 0. The highest BCUT2D eigenvalue weighted by Crippen LogP contribution is 2.60. The van der Waals surface area contributed by atoms with Gasteiger partial charge in [0.05, 0.1) is 15.5 Å². The zero-order valence-corrected chi connectivity index (χ0v) is 17.6. The van der Waals surface area contributed by atoms with Gasteiger partial charge in [-0.15, -0.1) is 7.02 Å². The molecule has 0 aromatic carbocycles. The van der Waals surface area contributed by atoms with Crippen LogP contribution in [0.15, 0.2) is 0 Å². The van der Waals surface area contributed by atoms with Crippen molar-refractivity contribution in [1.82, 2.24) is 0 Å². The van der Waals surface area contributed by atoms with Crippen molar-refractivity contribution in [2.24, 2.45) is 0 Å². The van der Waals surface area contributed by atoms with Gasteiger partial charge in [-0.25, -0.2) is 0 Å². The van der Waals surface area contributed by atoms with Gasteiger partial charge in [0.1, 0.15) is 0 Å². The van der Waals surface area contributed by atoms with Gasteiger partial charge in [-0.2, -0.15) is 0 Å². The lowest BCUT2D eigenvalue weighted by molar-refractivity contribution is 0.123. The van der Waals surface area contributed by atoms with Gasteiger partial charge < -0.3 is 13.3 Å². The molecule has 1 atom stereocenters. The maximum atomic E-state index is 5.72. The predicted molar refractivity (Wildman–Crippen MR) is 89.9 cm³/mol. The Morgan fingerprint density at radius 1 is 0.722 bits per heavy atom. The lowest BCUT2D eigenvalue weighted by Gasteiger charge is -2.47. The van der Waals surface area contributed by atoms with Crippen molar-refractivity contribution in [2.75, 3.05) is 21.3 Å². The number of hydrogen-bond donors (Lipinski definition) is 0. The minimum atomic E-state index is -2.51. The average Bonchev–Trinajstić information content (AvgIpc) is 2.16. The Morgan fingerprint density at radius 2 is 1.00 bits per heavy atom. The molecule has 0 fully saturated rings. The molecule has 0 aromatic heterocycles. The third-order valence-corrected chi connectivity index (χ3v) is 35.9. The normalized spacial score (nSPS) is 16.2. The van der Waals surface area contributed by atoms with Gasteiger partial charge in [-0.05, 0) is 0 Å². The molecule has 0 N–H and O–H groups in total. The Morgan fingerprint density at radius 3 is 1.17 bits per heavy atom. The van der Waals surface area contributed by atoms with Crippen LogP contribution in [0.25, 0.3) is 0 Å². The van der Waals surface area contributed by atoms with Gasteiger partial charge in [0.25, 0.3) is 0 Å². The quantitative estimate of drug-likeness (QED) is 0.524. The number of rotatable bonds is 7. The highest BCUT2D eigenvalue weighted by atomic mass is 31.6. The first-order chi connectivity index (χ1) is 7.96. The third kappa shape index (κ3) is 4.23. The summed E-state index contributed by atoms with van der Waals surface area (Å²) in [6.45, 7) is 17.2. The second-order valence-electron chi connectivity index (χ2n) is 6.60. The molecule has 0 saturated carbocycles. The summed E-state index contributed by atoms with van der Waals surface area (Å²) < 4.78 is 17.2. The Bertz CT molecular complexity index is 237. The smallest absolute Gasteiger partial charge is 0.376 e. The molecular weight excluding hydrogens is 295 g/mol. The van der Waals surface area contributed by atoms with Gasteiger partial charge >= 0.3 is 8.80 Å². The van der Waals surface area contributed by atoms with Gasteiger partial charge in [0.2, 0.25) is 0 Å². The maximum Gasteiger partial charge on any atom is 0.506 e. The van der Waals surface area contributed by atoms with Crippen molar-refractivity contribution in [3.63, 3.8) is 0 Å². The number of hydrogen-bond acceptors (Lipinski definition) is 3. The molecular formula is C11H31O3PSi3. The molecule has 0 heterocycles. The van der Waals surface area contributed by atoms with E-state index in [1.54, 1.807) is 21.3 Å². The van der Waals surface area contributed by atoms with Crippen LogP contribution in [0.1, 0.15) is 6.92 Å². The van der Waals surface area contributed by atoms with E-state index in [1.165, 1.54) is 0 Å². The van der Waals surface area contributed by atoms with Gasteiger partial charge in [0, 0.05) is 26.6 Å². The van der Waals surface area contributed by atoms with Crippen LogP contribution in [0.2, 0.25) is 39.3 Å². The molecule has 0 radical (unpaired) electrons. The van der Waals surface area contributed by atoms with Crippen LogP contribution in [-0.2, 0) is 13.3 Å². The van der Waals surface area contributed by atoms with Crippen molar-refractivity contribution in [1.29, 1.82) is 0 Å². The molecule has 0 spiro atoms. The second-order valence-corrected chi connectivity index (χ2v) is 32.9. The zero-order valence-electron chi connectivity index (χ0n) is 13.7. The summed E-state index contributed by atoms with van der Waals surface area (Å²) >= 11 is 0. The summed E-state index contributed by atoms with van der Waals surface area (Å²) in [4.78, 5) is 0. The SMILES string of the molecule is CO[Si](OC)(OC)C(C)P([Si](C)(C)C)[Si](C)(C)C. The Labute approximate surface area is 117 Å². The Balaban J connectivity index is 5.51. The van der Waals surface area contributed by atoms with E-state index in [-0.39, 0.29) is 7.02 Å². The van der Waals surface area contributed by atoms with E-state index >= 15 is 0 Å². The van der Waals surface area contributed by atoms with E-state index in [0.717, 1.165) is 0 Å². The highest BCUT2D eigenvalue weighted by molar-refractivity contribution is 8.19. The fourth-order valence-corrected chi connectivity index (χ4v) is 52.1. The maximum absolute atomic E-state index is 5.72. The lowest BCUT2D eigenvalue weighted by atomic mass is 11.0. The molecule has 0 aliphatic heterocycles. The van der Waals surface area contributed by atoms with E-state index in [4.69, 9.17) is 13.3 Å². The van der Waals surface area contributed by atoms with Crippen LogP contribution in [0, 0.1) is 0 Å². The van der Waals surface area contributed by atoms with Crippen LogP contribution < -0.4 is 0 Å². The highest BCUT2D eigenvalue weighted by Gasteiger charge is 2.54. The minimum absolute atomic E-state index is 0.0449. The fraction of sp³-hybridized carbons (Fsp3) is 1.00. The molecule has 0 bridgehead atoms. The average molecular weight is 327 g/mol. The van der Waals surface area contributed by atoms with Gasteiger partial charge in [0.15, 0.2) is 0 Å². The molecule has 0 aliphatic carbocycles. The van der Waals surface area contributed by atoms with Crippen molar-refractivity contribution < 1.29 is 13.3 Å². The molecule has 0 amide bonds. The second kappa shape index (κ2) is 6.61. The molecule has 0 rings (SSSR count). The molecule has 1 unspecified atom stereocenters. The monoisotopic (exact) mass is 326 g/mol. The fourth-order valence-electron chi connectivity index (χ4n) is 3.09. The van der Waals surface area contributed by atoms with Crippen LogP contribution in [0.5, 0.6) is 0 Å². The molecule has 7 heteroatoms. The Hall–Kier alpha value is 0.961. The summed E-state index contributed by atoms with van der Waals surface area (Å²) in [6, 6.07) is 0. The molecule has 0 aliphatic rings. The zero-order chi connectivity index (χ0) is 14.8. The van der Waals surface area contributed by atoms with Crippen LogP contribution in [0.4, 0.5) is 0 Å². The largest absolute Gasteiger partial charge is 0.506 e. The van der Waals surface area contributed by atoms with Gasteiger partial charge in [-0.1, -0.05) is 46.2 Å². The first-order valence-electron chi connectivity index (χ1n) is 6.41. The molecule has 0 saturated heterocycles. The minimum Gasteiger partial charge on any atom is -0.376 e. The topological polar surface area (TPSA) is 27.7 Å². The van der Waals surface area contributed by atoms with Crippen LogP contribution in [0.3, 0.4) is 0 Å². The van der Waals surface area contributed by atoms with E-state index in [9.17, 15) is 0 Å². The van der Waals surface area contributed by atoms with E-state index < -0.39 is 24.3 Å². The van der Waals surface area contributed by atoms with Crippen molar-refractivity contribution in [3.05, 3.63) is 0 Å². The molecule has 0 aromatic rings. The Kier molecular flexibility index (Phi) is 6.96. The standard InChI is InChI=1S/C11H31O3PSi3/c1-11(18(12-2,13-3)14-4)15(16(5,6)7)17(8,9)10/h11H,1-10H3. The van der Waals surface area contributed by atoms with Crippen molar-refractivity contribution >= 4 is 31.3 Å².